The molecule has 9 heavy (non-hydrogen) atoms. The second kappa shape index (κ2) is 4.77. The molecule has 0 saturated heterocycles. The van der Waals surface area contributed by atoms with Crippen molar-refractivity contribution in [2.24, 2.45) is 0 Å². The summed E-state index contributed by atoms with van der Waals surface area (Å²) in [6.07, 6.45) is 0. The van der Waals surface area contributed by atoms with E-state index in [0.717, 1.165) is 13.1 Å². The molecule has 0 aliphatic rings. The molecule has 0 aromatic carbocycles. The van der Waals surface area contributed by atoms with Crippen molar-refractivity contribution in [2.45, 2.75) is 33.7 Å². The monoisotopic (exact) mass is 130 g/mol. The molecule has 0 aromatic rings. The predicted molar refractivity (Wildman–Crippen MR) is 41.2 cm³/mol. The molecule has 0 fully saturated rings. The highest BCUT2D eigenvalue weighted by Crippen LogP contribution is 1.83. The summed E-state index contributed by atoms with van der Waals surface area (Å²) in [6, 6.07) is 0.560. The summed E-state index contributed by atoms with van der Waals surface area (Å²) in [6.45, 7) is 10.8. The number of nitrogens with zero attached hydrogens (tertiary/aromatic N) is 1. The largest absolute Gasteiger partial charge is 0.253 e. The highest BCUT2D eigenvalue weighted by molar-refractivity contribution is 4.49. The number of hydrogen-bond donors (Lipinski definition) is 1. The maximum absolute atomic E-state index is 3.31. The van der Waals surface area contributed by atoms with E-state index in [1.807, 2.05) is 0 Å². The SMILES string of the molecule is CCN(CC)NC(C)C. The highest BCUT2D eigenvalue weighted by Gasteiger charge is 1.97. The fraction of sp³-hybridized carbons (Fsp3) is 1.00. The summed E-state index contributed by atoms with van der Waals surface area (Å²) >= 11 is 0. The van der Waals surface area contributed by atoms with Crippen LogP contribution in [0, 0.1) is 0 Å². The second-order valence-corrected chi connectivity index (χ2v) is 2.46. The lowest BCUT2D eigenvalue weighted by atomic mass is 10.4. The molecule has 2 heteroatoms. The summed E-state index contributed by atoms with van der Waals surface area (Å²) in [5.74, 6) is 0. The molecule has 0 atom stereocenters. The zero-order valence-corrected chi connectivity index (χ0v) is 6.94. The average molecular weight is 130 g/mol. The normalized spacial score (nSPS) is 11.3. The van der Waals surface area contributed by atoms with Crippen LogP contribution in [0.3, 0.4) is 0 Å². The van der Waals surface area contributed by atoms with Gasteiger partial charge in [-0.05, 0) is 13.8 Å². The van der Waals surface area contributed by atoms with Crippen LogP contribution < -0.4 is 5.43 Å². The van der Waals surface area contributed by atoms with Crippen LogP contribution in [0.25, 0.3) is 0 Å². The number of hydrogen-bond acceptors (Lipinski definition) is 2. The maximum Gasteiger partial charge on any atom is 0.0158 e. The van der Waals surface area contributed by atoms with Gasteiger partial charge in [0.1, 0.15) is 0 Å². The van der Waals surface area contributed by atoms with Gasteiger partial charge in [0.05, 0.1) is 0 Å². The predicted octanol–water partition coefficient (Wildman–Crippen LogP) is 1.24. The molecule has 0 spiro atoms. The zero-order valence-electron chi connectivity index (χ0n) is 6.94. The summed E-state index contributed by atoms with van der Waals surface area (Å²) < 4.78 is 0. The summed E-state index contributed by atoms with van der Waals surface area (Å²) in [5, 5.41) is 2.20. The van der Waals surface area contributed by atoms with Gasteiger partial charge in [-0.1, -0.05) is 13.8 Å². The molecule has 0 radical (unpaired) electrons. The minimum atomic E-state index is 0.560. The van der Waals surface area contributed by atoms with Gasteiger partial charge in [0.2, 0.25) is 0 Å². The molecule has 0 saturated carbocycles. The minimum Gasteiger partial charge on any atom is -0.253 e. The van der Waals surface area contributed by atoms with Gasteiger partial charge < -0.3 is 0 Å². The molecular weight excluding hydrogens is 112 g/mol. The molecule has 2 nitrogen and oxygen atoms in total. The molecule has 1 N–H and O–H groups in total. The van der Waals surface area contributed by atoms with Crippen molar-refractivity contribution in [2.75, 3.05) is 13.1 Å². The fourth-order valence-electron chi connectivity index (χ4n) is 0.771. The van der Waals surface area contributed by atoms with Crippen molar-refractivity contribution in [1.82, 2.24) is 10.4 Å². The van der Waals surface area contributed by atoms with E-state index >= 15 is 0 Å². The van der Waals surface area contributed by atoms with Crippen LogP contribution in [0.15, 0.2) is 0 Å². The summed E-state index contributed by atoms with van der Waals surface area (Å²) in [4.78, 5) is 0. The van der Waals surface area contributed by atoms with Crippen LogP contribution in [-0.2, 0) is 0 Å². The van der Waals surface area contributed by atoms with E-state index in [1.54, 1.807) is 0 Å². The zero-order chi connectivity index (χ0) is 7.28. The van der Waals surface area contributed by atoms with Gasteiger partial charge in [0, 0.05) is 19.1 Å². The lowest BCUT2D eigenvalue weighted by Gasteiger charge is -2.21. The van der Waals surface area contributed by atoms with Crippen LogP contribution in [0.1, 0.15) is 27.7 Å². The first kappa shape index (κ1) is 8.92. The van der Waals surface area contributed by atoms with Gasteiger partial charge in [-0.2, -0.15) is 0 Å². The van der Waals surface area contributed by atoms with Crippen molar-refractivity contribution >= 4 is 0 Å². The molecule has 0 unspecified atom stereocenters. The van der Waals surface area contributed by atoms with E-state index in [4.69, 9.17) is 0 Å². The second-order valence-electron chi connectivity index (χ2n) is 2.46. The fourth-order valence-corrected chi connectivity index (χ4v) is 0.771. The van der Waals surface area contributed by atoms with Crippen molar-refractivity contribution < 1.29 is 0 Å². The molecule has 0 amide bonds. The third-order valence-electron chi connectivity index (χ3n) is 1.20. The van der Waals surface area contributed by atoms with E-state index in [1.165, 1.54) is 0 Å². The molecular formula is C7H18N2. The molecule has 56 valence electrons. The summed E-state index contributed by atoms with van der Waals surface area (Å²) in [5.41, 5.74) is 3.31. The first-order chi connectivity index (χ1) is 4.20. The van der Waals surface area contributed by atoms with Crippen molar-refractivity contribution in [3.05, 3.63) is 0 Å². The number of hydrazine groups is 1. The Kier molecular flexibility index (Phi) is 4.72. The Morgan fingerprint density at radius 1 is 1.22 bits per heavy atom. The lowest BCUT2D eigenvalue weighted by Crippen LogP contribution is -2.41. The molecule has 0 aliphatic heterocycles. The Balaban J connectivity index is 3.31. The van der Waals surface area contributed by atoms with Crippen LogP contribution in [-0.4, -0.2) is 24.1 Å². The van der Waals surface area contributed by atoms with Gasteiger partial charge in [-0.15, -0.1) is 0 Å². The standard InChI is InChI=1S/C7H18N2/c1-5-9(6-2)8-7(3)4/h7-8H,5-6H2,1-4H3. The quantitative estimate of drug-likeness (QED) is 0.576. The average Bonchev–Trinajstić information content (AvgIpc) is 1.82. The maximum atomic E-state index is 3.31. The highest BCUT2D eigenvalue weighted by atomic mass is 15.5. The van der Waals surface area contributed by atoms with Crippen LogP contribution in [0.4, 0.5) is 0 Å². The van der Waals surface area contributed by atoms with Gasteiger partial charge in [-0.25, -0.2) is 5.01 Å². The van der Waals surface area contributed by atoms with Gasteiger partial charge in [-0.3, -0.25) is 5.43 Å². The van der Waals surface area contributed by atoms with E-state index in [-0.39, 0.29) is 0 Å². The summed E-state index contributed by atoms with van der Waals surface area (Å²) in [7, 11) is 0. The van der Waals surface area contributed by atoms with Gasteiger partial charge >= 0.3 is 0 Å². The Morgan fingerprint density at radius 2 is 1.67 bits per heavy atom. The topological polar surface area (TPSA) is 15.3 Å². The van der Waals surface area contributed by atoms with Crippen molar-refractivity contribution in [3.63, 3.8) is 0 Å². The van der Waals surface area contributed by atoms with Crippen LogP contribution in [0.5, 0.6) is 0 Å². The smallest absolute Gasteiger partial charge is 0.0158 e. The molecule has 0 rings (SSSR count). The van der Waals surface area contributed by atoms with E-state index in [2.05, 4.69) is 38.1 Å². The van der Waals surface area contributed by atoms with E-state index in [9.17, 15) is 0 Å². The Labute approximate surface area is 58.2 Å². The van der Waals surface area contributed by atoms with Crippen LogP contribution >= 0.6 is 0 Å². The van der Waals surface area contributed by atoms with Gasteiger partial charge in [0.15, 0.2) is 0 Å². The van der Waals surface area contributed by atoms with Crippen molar-refractivity contribution in [1.29, 1.82) is 0 Å². The minimum absolute atomic E-state index is 0.560. The number of nitrogens with one attached hydrogen (secondary N) is 1. The van der Waals surface area contributed by atoms with Crippen molar-refractivity contribution in [3.8, 4) is 0 Å². The first-order valence-electron chi connectivity index (χ1n) is 3.71. The third kappa shape index (κ3) is 4.43. The van der Waals surface area contributed by atoms with E-state index < -0.39 is 0 Å². The van der Waals surface area contributed by atoms with Gasteiger partial charge in [0.25, 0.3) is 0 Å². The first-order valence-corrected chi connectivity index (χ1v) is 3.71. The Morgan fingerprint density at radius 3 is 1.78 bits per heavy atom. The third-order valence-corrected chi connectivity index (χ3v) is 1.20. The molecule has 0 bridgehead atoms. The van der Waals surface area contributed by atoms with E-state index in [0.29, 0.717) is 6.04 Å². The molecule has 0 heterocycles. The Hall–Kier alpha value is -0.0800. The number of rotatable bonds is 4. The van der Waals surface area contributed by atoms with Crippen LogP contribution in [0.2, 0.25) is 0 Å². The molecule has 0 aromatic heterocycles. The Bertz CT molecular complexity index is 57.9. The molecule has 0 aliphatic carbocycles. The lowest BCUT2D eigenvalue weighted by molar-refractivity contribution is 0.186.